The van der Waals surface area contributed by atoms with Crippen molar-refractivity contribution in [2.45, 2.75) is 44.7 Å². The molecular weight excluding hydrogens is 310 g/mol. The summed E-state index contributed by atoms with van der Waals surface area (Å²) in [6.45, 7) is 5.72. The molecular formula is C16H23N5OS. The summed E-state index contributed by atoms with van der Waals surface area (Å²) in [5.74, 6) is 0.0289. The van der Waals surface area contributed by atoms with Crippen LogP contribution in [0.1, 0.15) is 43.4 Å². The Hall–Kier alpha value is -1.73. The van der Waals surface area contributed by atoms with Crippen LogP contribution in [0, 0.1) is 0 Å². The van der Waals surface area contributed by atoms with Crippen LogP contribution in [0.25, 0.3) is 0 Å². The van der Waals surface area contributed by atoms with Crippen LogP contribution >= 0.6 is 11.3 Å². The first-order valence-electron chi connectivity index (χ1n) is 8.12. The fraction of sp³-hybridized carbons (Fsp3) is 0.562. The molecule has 1 unspecified atom stereocenters. The van der Waals surface area contributed by atoms with E-state index in [0.717, 1.165) is 43.1 Å². The Morgan fingerprint density at radius 2 is 2.30 bits per heavy atom. The van der Waals surface area contributed by atoms with Crippen LogP contribution < -0.4 is 10.6 Å². The minimum absolute atomic E-state index is 0.0289. The molecule has 0 aliphatic carbocycles. The molecule has 23 heavy (non-hydrogen) atoms. The van der Waals surface area contributed by atoms with Crippen LogP contribution in [0.2, 0.25) is 0 Å². The number of carbonyl (C=O) groups is 1. The van der Waals surface area contributed by atoms with Gasteiger partial charge < -0.3 is 10.6 Å². The highest BCUT2D eigenvalue weighted by Crippen LogP contribution is 2.28. The molecule has 0 spiro atoms. The van der Waals surface area contributed by atoms with Crippen LogP contribution in [0.4, 0.5) is 0 Å². The van der Waals surface area contributed by atoms with Gasteiger partial charge in [-0.25, -0.2) is 4.98 Å². The van der Waals surface area contributed by atoms with Crippen molar-refractivity contribution in [2.75, 3.05) is 13.1 Å². The van der Waals surface area contributed by atoms with Gasteiger partial charge in [-0.05, 0) is 45.3 Å². The van der Waals surface area contributed by atoms with Crippen LogP contribution in [-0.4, -0.2) is 33.8 Å². The average Bonchev–Trinajstić information content (AvgIpc) is 3.27. The van der Waals surface area contributed by atoms with Gasteiger partial charge in [-0.2, -0.15) is 5.10 Å². The number of thiazole rings is 1. The van der Waals surface area contributed by atoms with Gasteiger partial charge >= 0.3 is 0 Å². The summed E-state index contributed by atoms with van der Waals surface area (Å²) in [7, 11) is 0. The Labute approximate surface area is 140 Å². The van der Waals surface area contributed by atoms with Crippen LogP contribution in [0.5, 0.6) is 0 Å². The lowest BCUT2D eigenvalue weighted by Gasteiger charge is -2.37. The standard InChI is InChI=1S/C16H23N5OS/c1-3-14-20-13(11-23-14)12(2)19-15(22)16(5-8-17-9-6-16)21-10-4-7-18-21/h4,7,10-12,17H,3,5-6,8-9H2,1-2H3,(H,19,22). The van der Waals surface area contributed by atoms with E-state index in [1.807, 2.05) is 29.2 Å². The minimum Gasteiger partial charge on any atom is -0.346 e. The zero-order valence-electron chi connectivity index (χ0n) is 13.6. The SMILES string of the molecule is CCc1nc(C(C)NC(=O)C2(n3cccn3)CCNCC2)cs1. The highest BCUT2D eigenvalue weighted by molar-refractivity contribution is 7.09. The van der Waals surface area contributed by atoms with E-state index < -0.39 is 5.54 Å². The lowest BCUT2D eigenvalue weighted by Crippen LogP contribution is -2.55. The largest absolute Gasteiger partial charge is 0.346 e. The van der Waals surface area contributed by atoms with E-state index in [1.54, 1.807) is 17.5 Å². The molecule has 1 atom stereocenters. The number of aromatic nitrogens is 3. The van der Waals surface area contributed by atoms with Gasteiger partial charge in [0.15, 0.2) is 0 Å². The predicted octanol–water partition coefficient (Wildman–Crippen LogP) is 1.86. The molecule has 0 radical (unpaired) electrons. The second-order valence-corrected chi connectivity index (χ2v) is 6.89. The van der Waals surface area contributed by atoms with Crippen LogP contribution in [0.3, 0.4) is 0 Å². The van der Waals surface area contributed by atoms with E-state index in [2.05, 4.69) is 27.6 Å². The summed E-state index contributed by atoms with van der Waals surface area (Å²) in [6.07, 6.45) is 6.02. The average molecular weight is 333 g/mol. The van der Waals surface area contributed by atoms with E-state index in [9.17, 15) is 4.79 Å². The van der Waals surface area contributed by atoms with E-state index in [-0.39, 0.29) is 11.9 Å². The minimum atomic E-state index is -0.605. The van der Waals surface area contributed by atoms with Crippen molar-refractivity contribution in [1.29, 1.82) is 0 Å². The van der Waals surface area contributed by atoms with Gasteiger partial charge in [0.1, 0.15) is 5.54 Å². The van der Waals surface area contributed by atoms with Crippen molar-refractivity contribution in [1.82, 2.24) is 25.4 Å². The van der Waals surface area contributed by atoms with E-state index in [4.69, 9.17) is 0 Å². The molecule has 1 aliphatic rings. The first-order valence-corrected chi connectivity index (χ1v) is 9.00. The number of rotatable bonds is 5. The fourth-order valence-corrected chi connectivity index (χ4v) is 3.85. The first kappa shape index (κ1) is 16.1. The van der Waals surface area contributed by atoms with Crippen molar-refractivity contribution in [3.05, 3.63) is 34.5 Å². The van der Waals surface area contributed by atoms with E-state index in [1.165, 1.54) is 0 Å². The Bertz CT molecular complexity index is 645. The van der Waals surface area contributed by atoms with E-state index >= 15 is 0 Å². The summed E-state index contributed by atoms with van der Waals surface area (Å²) >= 11 is 1.65. The Kier molecular flexibility index (Phi) is 4.77. The Morgan fingerprint density at radius 3 is 2.91 bits per heavy atom. The topological polar surface area (TPSA) is 71.8 Å². The lowest BCUT2D eigenvalue weighted by molar-refractivity contribution is -0.132. The molecule has 1 saturated heterocycles. The maximum Gasteiger partial charge on any atom is 0.248 e. The van der Waals surface area contributed by atoms with Gasteiger partial charge in [-0.1, -0.05) is 6.92 Å². The number of aryl methyl sites for hydroxylation is 1. The molecule has 2 N–H and O–H groups in total. The second kappa shape index (κ2) is 6.80. The molecule has 1 amide bonds. The van der Waals surface area contributed by atoms with Crippen molar-refractivity contribution >= 4 is 17.2 Å². The number of piperidine rings is 1. The third-order valence-electron chi connectivity index (χ3n) is 4.46. The fourth-order valence-electron chi connectivity index (χ4n) is 3.01. The molecule has 1 aliphatic heterocycles. The van der Waals surface area contributed by atoms with Gasteiger partial charge in [0.25, 0.3) is 0 Å². The summed E-state index contributed by atoms with van der Waals surface area (Å²) in [5.41, 5.74) is 0.330. The molecule has 2 aromatic rings. The normalized spacial score (nSPS) is 18.5. The van der Waals surface area contributed by atoms with Crippen LogP contribution in [0.15, 0.2) is 23.8 Å². The van der Waals surface area contributed by atoms with Gasteiger partial charge in [0.2, 0.25) is 5.91 Å². The molecule has 124 valence electrons. The lowest BCUT2D eigenvalue weighted by atomic mass is 9.87. The van der Waals surface area contributed by atoms with Crippen molar-refractivity contribution in [3.63, 3.8) is 0 Å². The summed E-state index contributed by atoms with van der Waals surface area (Å²) in [4.78, 5) is 17.6. The molecule has 7 heteroatoms. The number of hydrogen-bond donors (Lipinski definition) is 2. The third kappa shape index (κ3) is 3.16. The molecule has 3 heterocycles. The maximum absolute atomic E-state index is 13.1. The van der Waals surface area contributed by atoms with Crippen molar-refractivity contribution in [3.8, 4) is 0 Å². The summed E-state index contributed by atoms with van der Waals surface area (Å²) in [5, 5.41) is 14.0. The number of amides is 1. The molecule has 6 nitrogen and oxygen atoms in total. The number of nitrogens with one attached hydrogen (secondary N) is 2. The van der Waals surface area contributed by atoms with Gasteiger partial charge in [-0.15, -0.1) is 11.3 Å². The molecule has 0 bridgehead atoms. The molecule has 2 aromatic heterocycles. The summed E-state index contributed by atoms with van der Waals surface area (Å²) < 4.78 is 1.81. The summed E-state index contributed by atoms with van der Waals surface area (Å²) in [6, 6.07) is 1.77. The second-order valence-electron chi connectivity index (χ2n) is 5.95. The zero-order chi connectivity index (χ0) is 16.3. The highest BCUT2D eigenvalue weighted by Gasteiger charge is 2.42. The van der Waals surface area contributed by atoms with Crippen molar-refractivity contribution in [2.24, 2.45) is 0 Å². The molecule has 0 saturated carbocycles. The quantitative estimate of drug-likeness (QED) is 0.876. The highest BCUT2D eigenvalue weighted by atomic mass is 32.1. The molecule has 0 aromatic carbocycles. The Morgan fingerprint density at radius 1 is 1.52 bits per heavy atom. The number of carbonyl (C=O) groups excluding carboxylic acids is 1. The number of hydrogen-bond acceptors (Lipinski definition) is 5. The molecule has 3 rings (SSSR count). The Balaban J connectivity index is 1.78. The van der Waals surface area contributed by atoms with E-state index in [0.29, 0.717) is 0 Å². The predicted molar refractivity (Wildman–Crippen MR) is 90.4 cm³/mol. The monoisotopic (exact) mass is 333 g/mol. The zero-order valence-corrected chi connectivity index (χ0v) is 14.4. The maximum atomic E-state index is 13.1. The smallest absolute Gasteiger partial charge is 0.248 e. The van der Waals surface area contributed by atoms with Crippen LogP contribution in [-0.2, 0) is 16.8 Å². The van der Waals surface area contributed by atoms with Crippen molar-refractivity contribution < 1.29 is 4.79 Å². The van der Waals surface area contributed by atoms with Gasteiger partial charge in [0.05, 0.1) is 16.7 Å². The first-order chi connectivity index (χ1) is 11.2. The van der Waals surface area contributed by atoms with Gasteiger partial charge in [0, 0.05) is 17.8 Å². The number of nitrogens with zero attached hydrogens (tertiary/aromatic N) is 3. The molecule has 1 fully saturated rings. The third-order valence-corrected chi connectivity index (χ3v) is 5.47. The van der Waals surface area contributed by atoms with Gasteiger partial charge in [-0.3, -0.25) is 9.48 Å².